The van der Waals surface area contributed by atoms with Gasteiger partial charge in [-0.25, -0.2) is 13.1 Å². The Morgan fingerprint density at radius 3 is 2.78 bits per heavy atom. The molecule has 1 aromatic carbocycles. The number of anilines is 1. The fourth-order valence-electron chi connectivity index (χ4n) is 5.38. The molecule has 0 radical (unpaired) electrons. The maximum Gasteiger partial charge on any atom is 0.256 e. The molecule has 0 bridgehead atoms. The van der Waals surface area contributed by atoms with E-state index in [0.717, 1.165) is 70.6 Å². The second kappa shape index (κ2) is 10.9. The van der Waals surface area contributed by atoms with Crippen molar-refractivity contribution in [3.8, 4) is 0 Å². The van der Waals surface area contributed by atoms with Crippen molar-refractivity contribution in [1.82, 2.24) is 14.6 Å². The maximum atomic E-state index is 12.9. The third-order valence-electron chi connectivity index (χ3n) is 7.22. The molecule has 5 rings (SSSR count). The summed E-state index contributed by atoms with van der Waals surface area (Å²) in [6.45, 7) is 4.18. The van der Waals surface area contributed by atoms with Crippen LogP contribution in [-0.2, 0) is 38.8 Å². The van der Waals surface area contributed by atoms with Gasteiger partial charge in [-0.1, -0.05) is 0 Å². The number of hydrogen-bond donors (Lipinski definition) is 4. The summed E-state index contributed by atoms with van der Waals surface area (Å²) < 4.78 is 33.0. The van der Waals surface area contributed by atoms with Crippen molar-refractivity contribution in [2.24, 2.45) is 0 Å². The van der Waals surface area contributed by atoms with E-state index in [1.807, 2.05) is 6.08 Å². The van der Waals surface area contributed by atoms with Crippen LogP contribution in [0.25, 0.3) is 11.6 Å². The van der Waals surface area contributed by atoms with E-state index in [0.29, 0.717) is 16.8 Å². The van der Waals surface area contributed by atoms with Crippen LogP contribution in [0.1, 0.15) is 47.3 Å². The molecule has 0 atom stereocenters. The minimum atomic E-state index is -3.79. The first-order chi connectivity index (χ1) is 17.5. The summed E-state index contributed by atoms with van der Waals surface area (Å²) in [5.41, 5.74) is 6.50. The molecule has 0 unspecified atom stereocenters. The molecular weight excluding hydrogens is 480 g/mol. The number of hydrogen-bond acceptors (Lipinski definition) is 6. The fraction of sp³-hybridized carbons (Fsp3) is 0.500. The minimum Gasteiger partial charge on any atom is -0.395 e. The molecule has 9 nitrogen and oxygen atoms in total. The second-order valence-electron chi connectivity index (χ2n) is 9.58. The van der Waals surface area contributed by atoms with Gasteiger partial charge in [0, 0.05) is 42.3 Å². The maximum absolute atomic E-state index is 12.9. The molecule has 1 fully saturated rings. The van der Waals surface area contributed by atoms with Gasteiger partial charge in [-0.2, -0.15) is 0 Å². The highest BCUT2D eigenvalue weighted by Gasteiger charge is 2.28. The molecule has 10 heteroatoms. The van der Waals surface area contributed by atoms with Gasteiger partial charge in [-0.3, -0.25) is 9.69 Å². The highest BCUT2D eigenvalue weighted by atomic mass is 32.2. The number of sulfonamides is 1. The summed E-state index contributed by atoms with van der Waals surface area (Å²) in [6.07, 6.45) is 8.23. The van der Waals surface area contributed by atoms with E-state index in [-0.39, 0.29) is 24.0 Å². The molecule has 3 aliphatic rings. The van der Waals surface area contributed by atoms with Gasteiger partial charge in [0.05, 0.1) is 30.3 Å². The minimum absolute atomic E-state index is 0.0635. The Kier molecular flexibility index (Phi) is 7.59. The zero-order valence-corrected chi connectivity index (χ0v) is 21.3. The van der Waals surface area contributed by atoms with E-state index in [2.05, 4.69) is 19.9 Å². The third kappa shape index (κ3) is 5.28. The van der Waals surface area contributed by atoms with E-state index in [9.17, 15) is 13.2 Å². The number of carbonyl (C=O) groups excluding carboxylic acids is 1. The summed E-state index contributed by atoms with van der Waals surface area (Å²) in [4.78, 5) is 19.0. The number of benzene rings is 1. The Labute approximate surface area is 212 Å². The van der Waals surface area contributed by atoms with Gasteiger partial charge in [-0.05, 0) is 80.5 Å². The third-order valence-corrected chi connectivity index (χ3v) is 8.68. The first-order valence-electron chi connectivity index (χ1n) is 12.8. The van der Waals surface area contributed by atoms with Crippen molar-refractivity contribution in [2.75, 3.05) is 51.3 Å². The first kappa shape index (κ1) is 25.2. The van der Waals surface area contributed by atoms with E-state index < -0.39 is 10.0 Å². The van der Waals surface area contributed by atoms with Crippen LogP contribution >= 0.6 is 0 Å². The number of amides is 1. The molecule has 1 amide bonds. The molecule has 3 heterocycles. The van der Waals surface area contributed by atoms with E-state index >= 15 is 0 Å². The first-order valence-corrected chi connectivity index (χ1v) is 14.3. The summed E-state index contributed by atoms with van der Waals surface area (Å²) in [7, 11) is -3.79. The predicted molar refractivity (Wildman–Crippen MR) is 138 cm³/mol. The lowest BCUT2D eigenvalue weighted by atomic mass is 9.92. The molecule has 36 heavy (non-hydrogen) atoms. The topological polar surface area (TPSA) is 124 Å². The van der Waals surface area contributed by atoms with Crippen LogP contribution < -0.4 is 10.0 Å². The van der Waals surface area contributed by atoms with Crippen molar-refractivity contribution in [1.29, 1.82) is 0 Å². The van der Waals surface area contributed by atoms with Crippen LogP contribution in [0.3, 0.4) is 0 Å². The summed E-state index contributed by atoms with van der Waals surface area (Å²) >= 11 is 0. The Hall–Kier alpha value is -2.50. The van der Waals surface area contributed by atoms with Crippen LogP contribution in [0.2, 0.25) is 0 Å². The number of nitrogens with zero attached hydrogens (tertiary/aromatic N) is 1. The summed E-state index contributed by atoms with van der Waals surface area (Å²) in [6, 6.07) is 4.61. The number of aromatic amines is 1. The van der Waals surface area contributed by atoms with Gasteiger partial charge >= 0.3 is 0 Å². The normalized spacial score (nSPS) is 19.4. The van der Waals surface area contributed by atoms with Crippen LogP contribution in [-0.4, -0.2) is 75.3 Å². The molecule has 2 aromatic rings. The number of aliphatic hydroxyl groups excluding tert-OH is 1. The highest BCUT2D eigenvalue weighted by Crippen LogP contribution is 2.37. The smallest absolute Gasteiger partial charge is 0.256 e. The molecule has 194 valence electrons. The van der Waals surface area contributed by atoms with Crippen molar-refractivity contribution in [2.45, 2.75) is 43.4 Å². The molecule has 1 aliphatic carbocycles. The van der Waals surface area contributed by atoms with Gasteiger partial charge in [0.15, 0.2) is 0 Å². The number of aromatic nitrogens is 1. The lowest BCUT2D eigenvalue weighted by Gasteiger charge is -2.26. The number of ether oxygens (including phenoxy) is 1. The van der Waals surface area contributed by atoms with Gasteiger partial charge in [0.2, 0.25) is 10.0 Å². The molecule has 4 N–H and O–H groups in total. The predicted octanol–water partition coefficient (Wildman–Crippen LogP) is 1.92. The Morgan fingerprint density at radius 1 is 1.17 bits per heavy atom. The molecule has 2 aliphatic heterocycles. The SMILES string of the molecule is O=C1Nc2ccc(S(=O)(=O)NCCO)cc2/C1=C/c1[nH]c2c(c1CCCN1CCOCC1)CCCC2. The Bertz CT molecular complexity index is 1260. The monoisotopic (exact) mass is 514 g/mol. The van der Waals surface area contributed by atoms with Crippen LogP contribution in [0.5, 0.6) is 0 Å². The number of rotatable bonds is 9. The van der Waals surface area contributed by atoms with Crippen molar-refractivity contribution in [3.05, 3.63) is 46.3 Å². The van der Waals surface area contributed by atoms with Gasteiger partial charge in [-0.15, -0.1) is 0 Å². The van der Waals surface area contributed by atoms with Gasteiger partial charge in [0.1, 0.15) is 0 Å². The lowest BCUT2D eigenvalue weighted by Crippen LogP contribution is -2.37. The largest absolute Gasteiger partial charge is 0.395 e. The average Bonchev–Trinajstić information content (AvgIpc) is 3.40. The molecule has 0 spiro atoms. The second-order valence-corrected chi connectivity index (χ2v) is 11.3. The zero-order chi connectivity index (χ0) is 25.1. The van der Waals surface area contributed by atoms with Crippen molar-refractivity contribution >= 4 is 33.3 Å². The van der Waals surface area contributed by atoms with E-state index in [1.54, 1.807) is 6.07 Å². The van der Waals surface area contributed by atoms with E-state index in [4.69, 9.17) is 9.84 Å². The molecular formula is C26H34N4O5S. The Balaban J connectivity index is 1.45. The summed E-state index contributed by atoms with van der Waals surface area (Å²) in [5, 5.41) is 11.9. The number of carbonyl (C=O) groups is 1. The van der Waals surface area contributed by atoms with Gasteiger partial charge < -0.3 is 20.1 Å². The number of aryl methyl sites for hydroxylation is 1. The number of aliphatic hydroxyl groups is 1. The standard InChI is InChI=1S/C26H34N4O5S/c31-13-9-27-36(33,34)18-7-8-24-21(16-18)22(26(32)29-24)17-25-20(19-4-1-2-6-23(19)28-25)5-3-10-30-11-14-35-15-12-30/h7-8,16-17,27-28,31H,1-6,9-15H2,(H,29,32)/b22-17-. The average molecular weight is 515 g/mol. The van der Waals surface area contributed by atoms with Crippen LogP contribution in [0, 0.1) is 0 Å². The number of nitrogens with one attached hydrogen (secondary N) is 3. The van der Waals surface area contributed by atoms with Crippen LogP contribution in [0.4, 0.5) is 5.69 Å². The quantitative estimate of drug-likeness (QED) is 0.379. The molecule has 1 saturated heterocycles. The van der Waals surface area contributed by atoms with Crippen molar-refractivity contribution < 1.29 is 23.1 Å². The van der Waals surface area contributed by atoms with Crippen LogP contribution in [0.15, 0.2) is 23.1 Å². The lowest BCUT2D eigenvalue weighted by molar-refractivity contribution is -0.110. The van der Waals surface area contributed by atoms with E-state index in [1.165, 1.54) is 35.4 Å². The van der Waals surface area contributed by atoms with Gasteiger partial charge in [0.25, 0.3) is 5.91 Å². The Morgan fingerprint density at radius 2 is 1.97 bits per heavy atom. The fourth-order valence-corrected chi connectivity index (χ4v) is 6.42. The highest BCUT2D eigenvalue weighted by molar-refractivity contribution is 7.89. The van der Waals surface area contributed by atoms with Crippen molar-refractivity contribution in [3.63, 3.8) is 0 Å². The number of morpholine rings is 1. The zero-order valence-electron chi connectivity index (χ0n) is 20.4. The molecule has 1 aromatic heterocycles. The number of fused-ring (bicyclic) bond motifs is 2. The molecule has 0 saturated carbocycles. The number of H-pyrrole nitrogens is 1. The summed E-state index contributed by atoms with van der Waals surface area (Å²) in [5.74, 6) is -0.241.